The second-order valence-electron chi connectivity index (χ2n) is 3.58. The Morgan fingerprint density at radius 2 is 2.12 bits per heavy atom. The number of amides is 1. The molecule has 0 spiro atoms. The Bertz CT molecular complexity index is 430. The number of anilines is 1. The maximum absolute atomic E-state index is 11.7. The van der Waals surface area contributed by atoms with E-state index in [0.717, 1.165) is 5.56 Å². The average Bonchev–Trinajstić information content (AvgIpc) is 2.29. The standard InChI is InChI=1S/C12H16N2O3/c1-3-17-11(15)7-14-12(16)9-6-8(2)4-5-10(9)13/h4-6H,3,7,13H2,1-2H3,(H,14,16). The number of nitrogens with one attached hydrogen (secondary N) is 1. The molecule has 0 unspecified atom stereocenters. The van der Waals surface area contributed by atoms with Gasteiger partial charge in [-0.3, -0.25) is 9.59 Å². The highest BCUT2D eigenvalue weighted by atomic mass is 16.5. The van der Waals surface area contributed by atoms with Crippen molar-refractivity contribution in [2.24, 2.45) is 0 Å². The SMILES string of the molecule is CCOC(=O)CNC(=O)c1cc(C)ccc1N. The van der Waals surface area contributed by atoms with E-state index in [1.807, 2.05) is 13.0 Å². The van der Waals surface area contributed by atoms with Crippen LogP contribution in [0.2, 0.25) is 0 Å². The smallest absolute Gasteiger partial charge is 0.325 e. The van der Waals surface area contributed by atoms with Crippen LogP contribution in [-0.2, 0) is 9.53 Å². The van der Waals surface area contributed by atoms with E-state index in [1.165, 1.54) is 0 Å². The molecule has 1 rings (SSSR count). The summed E-state index contributed by atoms with van der Waals surface area (Å²) in [7, 11) is 0. The largest absolute Gasteiger partial charge is 0.465 e. The topological polar surface area (TPSA) is 81.4 Å². The van der Waals surface area contributed by atoms with Gasteiger partial charge in [0.05, 0.1) is 12.2 Å². The van der Waals surface area contributed by atoms with Crippen molar-refractivity contribution in [3.63, 3.8) is 0 Å². The predicted octanol–water partition coefficient (Wildman–Crippen LogP) is 0.870. The van der Waals surface area contributed by atoms with Gasteiger partial charge in [-0.2, -0.15) is 0 Å². The minimum absolute atomic E-state index is 0.153. The van der Waals surface area contributed by atoms with Crippen LogP contribution in [0.15, 0.2) is 18.2 Å². The lowest BCUT2D eigenvalue weighted by molar-refractivity contribution is -0.141. The normalized spacial score (nSPS) is 9.76. The number of esters is 1. The fraction of sp³-hybridized carbons (Fsp3) is 0.333. The van der Waals surface area contributed by atoms with E-state index in [1.54, 1.807) is 19.1 Å². The molecule has 0 aliphatic carbocycles. The highest BCUT2D eigenvalue weighted by Crippen LogP contribution is 2.13. The third-order valence-corrected chi connectivity index (χ3v) is 2.15. The molecule has 0 heterocycles. The van der Waals surface area contributed by atoms with Gasteiger partial charge < -0.3 is 15.8 Å². The van der Waals surface area contributed by atoms with Crippen LogP contribution in [0.3, 0.4) is 0 Å². The number of nitrogens with two attached hydrogens (primary N) is 1. The number of hydrogen-bond acceptors (Lipinski definition) is 4. The van der Waals surface area contributed by atoms with Crippen LogP contribution in [0, 0.1) is 6.92 Å². The van der Waals surface area contributed by atoms with Gasteiger partial charge in [0.25, 0.3) is 5.91 Å². The van der Waals surface area contributed by atoms with E-state index in [-0.39, 0.29) is 12.5 Å². The molecule has 1 amide bonds. The van der Waals surface area contributed by atoms with Crippen molar-refractivity contribution in [2.75, 3.05) is 18.9 Å². The molecule has 1 aromatic carbocycles. The molecule has 5 heteroatoms. The van der Waals surface area contributed by atoms with Crippen LogP contribution in [0.4, 0.5) is 5.69 Å². The summed E-state index contributed by atoms with van der Waals surface area (Å²) in [5.74, 6) is -0.841. The fourth-order valence-electron chi connectivity index (χ4n) is 1.33. The molecule has 1 aromatic rings. The fourth-order valence-corrected chi connectivity index (χ4v) is 1.33. The highest BCUT2D eigenvalue weighted by Gasteiger charge is 2.11. The van der Waals surface area contributed by atoms with E-state index in [9.17, 15) is 9.59 Å². The van der Waals surface area contributed by atoms with Crippen molar-refractivity contribution in [1.82, 2.24) is 5.32 Å². The zero-order chi connectivity index (χ0) is 12.8. The van der Waals surface area contributed by atoms with Gasteiger partial charge in [0.1, 0.15) is 6.54 Å². The number of nitrogen functional groups attached to an aromatic ring is 1. The van der Waals surface area contributed by atoms with Crippen LogP contribution in [0.1, 0.15) is 22.8 Å². The van der Waals surface area contributed by atoms with Gasteiger partial charge in [-0.05, 0) is 26.0 Å². The molecule has 0 atom stereocenters. The summed E-state index contributed by atoms with van der Waals surface area (Å²) in [5, 5.41) is 2.46. The summed E-state index contributed by atoms with van der Waals surface area (Å²) < 4.78 is 4.70. The second-order valence-corrected chi connectivity index (χ2v) is 3.58. The summed E-state index contributed by atoms with van der Waals surface area (Å²) in [6.45, 7) is 3.71. The predicted molar refractivity (Wildman–Crippen MR) is 64.6 cm³/mol. The first kappa shape index (κ1) is 13.0. The minimum atomic E-state index is -0.466. The molecule has 0 fully saturated rings. The zero-order valence-corrected chi connectivity index (χ0v) is 9.95. The number of ether oxygens (including phenoxy) is 1. The van der Waals surface area contributed by atoms with Crippen LogP contribution >= 0.6 is 0 Å². The van der Waals surface area contributed by atoms with E-state index in [2.05, 4.69) is 5.32 Å². The number of carbonyl (C=O) groups excluding carboxylic acids is 2. The molecule has 92 valence electrons. The molecule has 5 nitrogen and oxygen atoms in total. The van der Waals surface area contributed by atoms with Gasteiger partial charge in [-0.1, -0.05) is 11.6 Å². The summed E-state index contributed by atoms with van der Waals surface area (Å²) in [5.41, 5.74) is 7.37. The molecule has 0 saturated carbocycles. The lowest BCUT2D eigenvalue weighted by Gasteiger charge is -2.07. The number of aryl methyl sites for hydroxylation is 1. The summed E-state index contributed by atoms with van der Waals surface area (Å²) in [6, 6.07) is 5.15. The Kier molecular flexibility index (Phi) is 4.51. The molecule has 3 N–H and O–H groups in total. The first-order valence-corrected chi connectivity index (χ1v) is 5.34. The molecule has 0 bridgehead atoms. The Balaban J connectivity index is 2.64. The lowest BCUT2D eigenvalue weighted by atomic mass is 10.1. The monoisotopic (exact) mass is 236 g/mol. The van der Waals surface area contributed by atoms with Crippen molar-refractivity contribution in [2.45, 2.75) is 13.8 Å². The third-order valence-electron chi connectivity index (χ3n) is 2.15. The van der Waals surface area contributed by atoms with E-state index in [0.29, 0.717) is 17.9 Å². The molecular weight excluding hydrogens is 220 g/mol. The second kappa shape index (κ2) is 5.89. The maximum atomic E-state index is 11.7. The molecule has 17 heavy (non-hydrogen) atoms. The Labute approximate surface area is 99.9 Å². The van der Waals surface area contributed by atoms with Crippen molar-refractivity contribution in [1.29, 1.82) is 0 Å². The molecular formula is C12H16N2O3. The van der Waals surface area contributed by atoms with Crippen LogP contribution in [0.5, 0.6) is 0 Å². The lowest BCUT2D eigenvalue weighted by Crippen LogP contribution is -2.31. The first-order chi connectivity index (χ1) is 8.04. The third kappa shape index (κ3) is 3.79. The Morgan fingerprint density at radius 1 is 1.41 bits per heavy atom. The summed E-state index contributed by atoms with van der Waals surface area (Å²) >= 11 is 0. The maximum Gasteiger partial charge on any atom is 0.325 e. The minimum Gasteiger partial charge on any atom is -0.465 e. The number of benzene rings is 1. The first-order valence-electron chi connectivity index (χ1n) is 5.34. The summed E-state index contributed by atoms with van der Waals surface area (Å²) in [6.07, 6.45) is 0. The van der Waals surface area contributed by atoms with Crippen molar-refractivity contribution >= 4 is 17.6 Å². The zero-order valence-electron chi connectivity index (χ0n) is 9.95. The molecule has 0 aliphatic rings. The molecule has 0 saturated heterocycles. The van der Waals surface area contributed by atoms with Gasteiger partial charge in [0, 0.05) is 5.69 Å². The van der Waals surface area contributed by atoms with Gasteiger partial charge >= 0.3 is 5.97 Å². The van der Waals surface area contributed by atoms with Crippen molar-refractivity contribution in [3.8, 4) is 0 Å². The average molecular weight is 236 g/mol. The Morgan fingerprint density at radius 3 is 2.76 bits per heavy atom. The van der Waals surface area contributed by atoms with Crippen LogP contribution in [0.25, 0.3) is 0 Å². The molecule has 0 aliphatic heterocycles. The molecule has 0 radical (unpaired) electrons. The number of carbonyl (C=O) groups is 2. The number of hydrogen-bond donors (Lipinski definition) is 2. The van der Waals surface area contributed by atoms with Crippen LogP contribution < -0.4 is 11.1 Å². The van der Waals surface area contributed by atoms with Gasteiger partial charge in [0.15, 0.2) is 0 Å². The Hall–Kier alpha value is -2.04. The number of rotatable bonds is 4. The van der Waals surface area contributed by atoms with E-state index in [4.69, 9.17) is 10.5 Å². The van der Waals surface area contributed by atoms with Gasteiger partial charge in [-0.25, -0.2) is 0 Å². The van der Waals surface area contributed by atoms with Crippen LogP contribution in [-0.4, -0.2) is 25.0 Å². The van der Waals surface area contributed by atoms with E-state index < -0.39 is 5.97 Å². The van der Waals surface area contributed by atoms with Gasteiger partial charge in [0.2, 0.25) is 0 Å². The van der Waals surface area contributed by atoms with Crippen molar-refractivity contribution in [3.05, 3.63) is 29.3 Å². The highest BCUT2D eigenvalue weighted by molar-refractivity contribution is 6.00. The van der Waals surface area contributed by atoms with Crippen molar-refractivity contribution < 1.29 is 14.3 Å². The van der Waals surface area contributed by atoms with E-state index >= 15 is 0 Å². The molecule has 0 aromatic heterocycles. The quantitative estimate of drug-likeness (QED) is 0.600. The summed E-state index contributed by atoms with van der Waals surface area (Å²) in [4.78, 5) is 22.8. The van der Waals surface area contributed by atoms with Gasteiger partial charge in [-0.15, -0.1) is 0 Å².